The quantitative estimate of drug-likeness (QED) is 0.665. The number of nitrogens with zero attached hydrogens (tertiary/aromatic N) is 1. The second-order valence-corrected chi connectivity index (χ2v) is 5.04. The van der Waals surface area contributed by atoms with E-state index in [-0.39, 0.29) is 17.8 Å². The Bertz CT molecular complexity index is 507. The third kappa shape index (κ3) is 5.28. The van der Waals surface area contributed by atoms with Crippen LogP contribution < -0.4 is 10.6 Å². The van der Waals surface area contributed by atoms with E-state index in [2.05, 4.69) is 21.5 Å². The minimum Gasteiger partial charge on any atom is -0.476 e. The van der Waals surface area contributed by atoms with Crippen molar-refractivity contribution in [3.8, 4) is 12.3 Å². The molecule has 6 nitrogen and oxygen atoms in total. The first-order chi connectivity index (χ1) is 9.56. The Kier molecular flexibility index (Phi) is 6.53. The number of rotatable bonds is 7. The van der Waals surface area contributed by atoms with E-state index in [1.807, 2.05) is 6.92 Å². The van der Waals surface area contributed by atoms with Crippen LogP contribution in [0.1, 0.15) is 35.3 Å². The molecule has 0 radical (unpaired) electrons. The van der Waals surface area contributed by atoms with Gasteiger partial charge >= 0.3 is 12.0 Å². The lowest BCUT2D eigenvalue weighted by atomic mass is 10.2. The molecule has 0 aromatic carbocycles. The summed E-state index contributed by atoms with van der Waals surface area (Å²) >= 11 is 1.27. The van der Waals surface area contributed by atoms with Crippen molar-refractivity contribution in [2.75, 3.05) is 6.54 Å². The van der Waals surface area contributed by atoms with Gasteiger partial charge in [0.15, 0.2) is 5.69 Å². The summed E-state index contributed by atoms with van der Waals surface area (Å²) in [6.07, 6.45) is 6.97. The van der Waals surface area contributed by atoms with E-state index in [0.717, 1.165) is 6.42 Å². The Labute approximate surface area is 121 Å². The Morgan fingerprint density at radius 1 is 1.60 bits per heavy atom. The standard InChI is InChI=1S/C13H17N3O3S/c1-3-5-9(4-2)15-13(19)14-7-6-11-16-10(8-20-11)12(17)18/h1,8-9H,4-7H2,2H3,(H,17,18)(H2,14,15,19). The van der Waals surface area contributed by atoms with Crippen molar-refractivity contribution in [1.29, 1.82) is 0 Å². The maximum Gasteiger partial charge on any atom is 0.355 e. The number of aromatic nitrogens is 1. The van der Waals surface area contributed by atoms with E-state index < -0.39 is 5.97 Å². The van der Waals surface area contributed by atoms with Crippen molar-refractivity contribution in [1.82, 2.24) is 15.6 Å². The second-order valence-electron chi connectivity index (χ2n) is 4.10. The van der Waals surface area contributed by atoms with Gasteiger partial charge in [-0.05, 0) is 6.42 Å². The normalized spacial score (nSPS) is 11.4. The SMILES string of the molecule is C#CCC(CC)NC(=O)NCCc1nc(C(=O)O)cs1. The number of amides is 2. The van der Waals surface area contributed by atoms with E-state index in [1.54, 1.807) is 0 Å². The van der Waals surface area contributed by atoms with Gasteiger partial charge in [0.25, 0.3) is 0 Å². The molecule has 0 aliphatic heterocycles. The van der Waals surface area contributed by atoms with Crippen LogP contribution in [0.3, 0.4) is 0 Å². The molecule has 1 aromatic heterocycles. The number of aromatic carboxylic acids is 1. The van der Waals surface area contributed by atoms with Crippen LogP contribution in [0.25, 0.3) is 0 Å². The zero-order valence-electron chi connectivity index (χ0n) is 11.2. The molecule has 0 saturated carbocycles. The Balaban J connectivity index is 2.31. The molecule has 7 heteroatoms. The van der Waals surface area contributed by atoms with Crippen LogP contribution in [-0.4, -0.2) is 34.7 Å². The molecule has 1 heterocycles. The Hall–Kier alpha value is -2.07. The van der Waals surface area contributed by atoms with Crippen molar-refractivity contribution in [3.05, 3.63) is 16.1 Å². The number of terminal acetylenes is 1. The topological polar surface area (TPSA) is 91.3 Å². The summed E-state index contributed by atoms with van der Waals surface area (Å²) in [5.74, 6) is 1.47. The monoisotopic (exact) mass is 295 g/mol. The molecule has 0 aliphatic rings. The first-order valence-corrected chi connectivity index (χ1v) is 7.10. The summed E-state index contributed by atoms with van der Waals surface area (Å²) in [5.41, 5.74) is 0.0366. The minimum absolute atomic E-state index is 0.0292. The van der Waals surface area contributed by atoms with Gasteiger partial charge in [-0.2, -0.15) is 0 Å². The van der Waals surface area contributed by atoms with Gasteiger partial charge in [0, 0.05) is 30.8 Å². The molecule has 0 bridgehead atoms. The highest BCUT2D eigenvalue weighted by Crippen LogP contribution is 2.09. The number of urea groups is 1. The van der Waals surface area contributed by atoms with Gasteiger partial charge in [0.1, 0.15) is 0 Å². The number of hydrogen-bond donors (Lipinski definition) is 3. The minimum atomic E-state index is -1.04. The lowest BCUT2D eigenvalue weighted by Gasteiger charge is -2.14. The second kappa shape index (κ2) is 8.17. The highest BCUT2D eigenvalue weighted by Gasteiger charge is 2.10. The van der Waals surface area contributed by atoms with Gasteiger partial charge in [-0.15, -0.1) is 23.7 Å². The molecule has 0 saturated heterocycles. The highest BCUT2D eigenvalue weighted by atomic mass is 32.1. The summed E-state index contributed by atoms with van der Waals surface area (Å²) in [7, 11) is 0. The molecule has 1 aromatic rings. The Morgan fingerprint density at radius 2 is 2.35 bits per heavy atom. The smallest absolute Gasteiger partial charge is 0.355 e. The van der Waals surface area contributed by atoms with E-state index in [0.29, 0.717) is 24.4 Å². The summed E-state index contributed by atoms with van der Waals surface area (Å²) < 4.78 is 0. The zero-order valence-corrected chi connectivity index (χ0v) is 12.0. The number of carboxylic acids is 1. The van der Waals surface area contributed by atoms with Crippen molar-refractivity contribution < 1.29 is 14.7 Å². The largest absolute Gasteiger partial charge is 0.476 e. The van der Waals surface area contributed by atoms with E-state index in [1.165, 1.54) is 16.7 Å². The molecule has 0 fully saturated rings. The fraction of sp³-hybridized carbons (Fsp3) is 0.462. The summed E-state index contributed by atoms with van der Waals surface area (Å²) in [5, 5.41) is 16.4. The lowest BCUT2D eigenvalue weighted by molar-refractivity contribution is 0.0691. The van der Waals surface area contributed by atoms with Crippen molar-refractivity contribution in [2.24, 2.45) is 0 Å². The van der Waals surface area contributed by atoms with Crippen LogP contribution in [0.5, 0.6) is 0 Å². The van der Waals surface area contributed by atoms with E-state index >= 15 is 0 Å². The molecule has 1 unspecified atom stereocenters. The third-order valence-corrected chi connectivity index (χ3v) is 3.50. The fourth-order valence-corrected chi connectivity index (χ4v) is 2.26. The summed E-state index contributed by atoms with van der Waals surface area (Å²) in [4.78, 5) is 26.2. The maximum absolute atomic E-state index is 11.6. The van der Waals surface area contributed by atoms with Gasteiger partial charge in [-0.3, -0.25) is 0 Å². The van der Waals surface area contributed by atoms with Gasteiger partial charge in [0.2, 0.25) is 0 Å². The molecular weight excluding hydrogens is 278 g/mol. The van der Waals surface area contributed by atoms with Crippen LogP contribution in [0.15, 0.2) is 5.38 Å². The van der Waals surface area contributed by atoms with Crippen molar-refractivity contribution in [2.45, 2.75) is 32.2 Å². The molecule has 0 aliphatic carbocycles. The van der Waals surface area contributed by atoms with Crippen molar-refractivity contribution in [3.63, 3.8) is 0 Å². The number of thiazole rings is 1. The van der Waals surface area contributed by atoms with Gasteiger partial charge in [0.05, 0.1) is 5.01 Å². The van der Waals surface area contributed by atoms with E-state index in [9.17, 15) is 9.59 Å². The predicted molar refractivity (Wildman–Crippen MR) is 76.8 cm³/mol. The molecule has 0 spiro atoms. The van der Waals surface area contributed by atoms with E-state index in [4.69, 9.17) is 11.5 Å². The summed E-state index contributed by atoms with van der Waals surface area (Å²) in [6.45, 7) is 2.34. The highest BCUT2D eigenvalue weighted by molar-refractivity contribution is 7.09. The number of carbonyl (C=O) groups is 2. The third-order valence-electron chi connectivity index (χ3n) is 2.59. The number of nitrogens with one attached hydrogen (secondary N) is 2. The molecule has 1 atom stereocenters. The van der Waals surface area contributed by atoms with Gasteiger partial charge in [-0.25, -0.2) is 14.6 Å². The molecule has 1 rings (SSSR count). The van der Waals surface area contributed by atoms with Crippen LogP contribution in [0.4, 0.5) is 4.79 Å². The fourth-order valence-electron chi connectivity index (χ4n) is 1.48. The Morgan fingerprint density at radius 3 is 2.90 bits per heavy atom. The average molecular weight is 295 g/mol. The zero-order chi connectivity index (χ0) is 15.0. The molecular formula is C13H17N3O3S. The first kappa shape index (κ1) is 16.0. The number of carbonyl (C=O) groups excluding carboxylic acids is 1. The van der Waals surface area contributed by atoms with Gasteiger partial charge in [-0.1, -0.05) is 6.92 Å². The van der Waals surface area contributed by atoms with Crippen LogP contribution in [-0.2, 0) is 6.42 Å². The number of hydrogen-bond acceptors (Lipinski definition) is 4. The molecule has 108 valence electrons. The van der Waals surface area contributed by atoms with Crippen LogP contribution >= 0.6 is 11.3 Å². The first-order valence-electron chi connectivity index (χ1n) is 6.22. The number of carboxylic acid groups (broad SMARTS) is 1. The predicted octanol–water partition coefficient (Wildman–Crippen LogP) is 1.48. The molecule has 20 heavy (non-hydrogen) atoms. The van der Waals surface area contributed by atoms with Crippen LogP contribution in [0.2, 0.25) is 0 Å². The lowest BCUT2D eigenvalue weighted by Crippen LogP contribution is -2.42. The van der Waals surface area contributed by atoms with Crippen molar-refractivity contribution >= 4 is 23.3 Å². The summed E-state index contributed by atoms with van der Waals surface area (Å²) in [6, 6.07) is -0.305. The van der Waals surface area contributed by atoms with Crippen LogP contribution in [0, 0.1) is 12.3 Å². The van der Waals surface area contributed by atoms with Gasteiger partial charge < -0.3 is 15.7 Å². The maximum atomic E-state index is 11.6. The average Bonchev–Trinajstić information content (AvgIpc) is 2.87. The molecule has 3 N–H and O–H groups in total. The molecule has 2 amide bonds.